The van der Waals surface area contributed by atoms with Gasteiger partial charge in [0.15, 0.2) is 0 Å². The van der Waals surface area contributed by atoms with Crippen LogP contribution in [0.2, 0.25) is 0 Å². The molecule has 0 radical (unpaired) electrons. The number of hydrogen-bond acceptors (Lipinski definition) is 4. The van der Waals surface area contributed by atoms with E-state index in [1.807, 2.05) is 6.92 Å². The van der Waals surface area contributed by atoms with E-state index in [-0.39, 0.29) is 12.5 Å². The highest BCUT2D eigenvalue weighted by molar-refractivity contribution is 5.95. The normalized spacial score (nSPS) is 12.5. The SMILES string of the molecule is COCC(N)C(=O)Nc1cn(C)nc1C. The molecule has 0 bridgehead atoms. The van der Waals surface area contributed by atoms with Crippen LogP contribution >= 0.6 is 0 Å². The van der Waals surface area contributed by atoms with Crippen molar-refractivity contribution in [3.05, 3.63) is 11.9 Å². The first-order chi connectivity index (χ1) is 7.04. The lowest BCUT2D eigenvalue weighted by atomic mass is 10.3. The van der Waals surface area contributed by atoms with Crippen molar-refractivity contribution in [3.8, 4) is 0 Å². The zero-order valence-electron chi connectivity index (χ0n) is 9.15. The van der Waals surface area contributed by atoms with E-state index >= 15 is 0 Å². The minimum atomic E-state index is -0.658. The number of carbonyl (C=O) groups is 1. The molecule has 1 aromatic rings. The first kappa shape index (κ1) is 11.7. The Bertz CT molecular complexity index is 348. The van der Waals surface area contributed by atoms with E-state index < -0.39 is 6.04 Å². The van der Waals surface area contributed by atoms with E-state index in [9.17, 15) is 4.79 Å². The summed E-state index contributed by atoms with van der Waals surface area (Å²) in [6, 6.07) is -0.658. The number of carbonyl (C=O) groups excluding carboxylic acids is 1. The summed E-state index contributed by atoms with van der Waals surface area (Å²) in [6.07, 6.45) is 1.73. The summed E-state index contributed by atoms with van der Waals surface area (Å²) in [5.41, 5.74) is 7.00. The van der Waals surface area contributed by atoms with Crippen LogP contribution < -0.4 is 11.1 Å². The summed E-state index contributed by atoms with van der Waals surface area (Å²) in [5.74, 6) is -0.270. The van der Waals surface area contributed by atoms with Crippen LogP contribution in [0.25, 0.3) is 0 Å². The molecule has 1 aromatic heterocycles. The largest absolute Gasteiger partial charge is 0.383 e. The van der Waals surface area contributed by atoms with Crippen molar-refractivity contribution >= 4 is 11.6 Å². The van der Waals surface area contributed by atoms with Gasteiger partial charge in [0.05, 0.1) is 18.0 Å². The summed E-state index contributed by atoms with van der Waals surface area (Å²) in [4.78, 5) is 11.5. The lowest BCUT2D eigenvalue weighted by molar-refractivity contribution is -0.118. The molecule has 0 fully saturated rings. The molecular weight excluding hydrogens is 196 g/mol. The zero-order valence-corrected chi connectivity index (χ0v) is 9.15. The fraction of sp³-hybridized carbons (Fsp3) is 0.556. The van der Waals surface area contributed by atoms with Crippen LogP contribution in [0, 0.1) is 6.92 Å². The molecule has 1 rings (SSSR count). The summed E-state index contributed by atoms with van der Waals surface area (Å²) < 4.78 is 6.42. The molecule has 6 heteroatoms. The van der Waals surface area contributed by atoms with Gasteiger partial charge in [-0.05, 0) is 6.92 Å². The Morgan fingerprint density at radius 1 is 1.80 bits per heavy atom. The van der Waals surface area contributed by atoms with Crippen molar-refractivity contribution in [2.75, 3.05) is 19.0 Å². The van der Waals surface area contributed by atoms with Crippen molar-refractivity contribution < 1.29 is 9.53 Å². The number of aromatic nitrogens is 2. The second-order valence-corrected chi connectivity index (χ2v) is 3.35. The van der Waals surface area contributed by atoms with Crippen molar-refractivity contribution in [1.82, 2.24) is 9.78 Å². The number of aryl methyl sites for hydroxylation is 2. The third-order valence-corrected chi connectivity index (χ3v) is 1.95. The number of nitrogens with two attached hydrogens (primary N) is 1. The summed E-state index contributed by atoms with van der Waals surface area (Å²) in [7, 11) is 3.29. The van der Waals surface area contributed by atoms with Crippen LogP contribution in [0.1, 0.15) is 5.69 Å². The second kappa shape index (κ2) is 4.90. The Hall–Kier alpha value is -1.40. The van der Waals surface area contributed by atoms with E-state index in [2.05, 4.69) is 10.4 Å². The van der Waals surface area contributed by atoms with Gasteiger partial charge in [-0.2, -0.15) is 5.10 Å². The topological polar surface area (TPSA) is 82.2 Å². The lowest BCUT2D eigenvalue weighted by Gasteiger charge is -2.09. The Balaban J connectivity index is 2.62. The van der Waals surface area contributed by atoms with Crippen LogP contribution in [0.5, 0.6) is 0 Å². The third-order valence-electron chi connectivity index (χ3n) is 1.95. The number of amides is 1. The molecule has 0 aliphatic rings. The molecule has 0 aliphatic carbocycles. The average Bonchev–Trinajstić information content (AvgIpc) is 2.45. The van der Waals surface area contributed by atoms with Crippen LogP contribution in [0.4, 0.5) is 5.69 Å². The Morgan fingerprint density at radius 2 is 2.47 bits per heavy atom. The summed E-state index contributed by atoms with van der Waals surface area (Å²) in [6.45, 7) is 2.02. The van der Waals surface area contributed by atoms with Gasteiger partial charge in [-0.15, -0.1) is 0 Å². The van der Waals surface area contributed by atoms with Crippen LogP contribution in [0.15, 0.2) is 6.20 Å². The predicted octanol–water partition coefficient (Wildman–Crippen LogP) is -0.359. The third kappa shape index (κ3) is 3.03. The molecule has 84 valence electrons. The van der Waals surface area contributed by atoms with Gasteiger partial charge in [-0.3, -0.25) is 9.48 Å². The standard InChI is InChI=1S/C9H16N4O2/c1-6-8(4-13(2)12-6)11-9(14)7(10)5-15-3/h4,7H,5,10H2,1-3H3,(H,11,14). The number of ether oxygens (including phenoxy) is 1. The molecule has 0 saturated carbocycles. The van der Waals surface area contributed by atoms with Crippen molar-refractivity contribution in [2.45, 2.75) is 13.0 Å². The van der Waals surface area contributed by atoms with Crippen molar-refractivity contribution in [1.29, 1.82) is 0 Å². The fourth-order valence-corrected chi connectivity index (χ4v) is 1.20. The second-order valence-electron chi connectivity index (χ2n) is 3.35. The first-order valence-corrected chi connectivity index (χ1v) is 4.60. The van der Waals surface area contributed by atoms with Gasteiger partial charge < -0.3 is 15.8 Å². The molecule has 1 unspecified atom stereocenters. The maximum atomic E-state index is 11.5. The Labute approximate surface area is 88.4 Å². The Kier molecular flexibility index (Phi) is 3.81. The van der Waals surface area contributed by atoms with Crippen LogP contribution in [-0.2, 0) is 16.6 Å². The van der Waals surface area contributed by atoms with Crippen LogP contribution in [-0.4, -0.2) is 35.4 Å². The number of anilines is 1. The monoisotopic (exact) mass is 212 g/mol. The van der Waals surface area contributed by atoms with E-state index in [0.29, 0.717) is 5.69 Å². The highest BCUT2D eigenvalue weighted by Crippen LogP contribution is 2.11. The van der Waals surface area contributed by atoms with E-state index in [1.54, 1.807) is 17.9 Å². The predicted molar refractivity (Wildman–Crippen MR) is 56.4 cm³/mol. The van der Waals surface area contributed by atoms with Gasteiger partial charge in [-0.25, -0.2) is 0 Å². The minimum Gasteiger partial charge on any atom is -0.383 e. The molecule has 0 aromatic carbocycles. The van der Waals surface area contributed by atoms with E-state index in [4.69, 9.17) is 10.5 Å². The minimum absolute atomic E-state index is 0.200. The molecule has 15 heavy (non-hydrogen) atoms. The molecule has 6 nitrogen and oxygen atoms in total. The first-order valence-electron chi connectivity index (χ1n) is 4.60. The van der Waals surface area contributed by atoms with E-state index in [1.165, 1.54) is 7.11 Å². The summed E-state index contributed by atoms with van der Waals surface area (Å²) >= 11 is 0. The molecular formula is C9H16N4O2. The smallest absolute Gasteiger partial charge is 0.243 e. The fourth-order valence-electron chi connectivity index (χ4n) is 1.20. The molecule has 0 aliphatic heterocycles. The molecule has 0 spiro atoms. The Morgan fingerprint density at radius 3 is 2.93 bits per heavy atom. The molecule has 0 saturated heterocycles. The number of methoxy groups -OCH3 is 1. The molecule has 1 atom stereocenters. The van der Waals surface area contributed by atoms with Crippen LogP contribution in [0.3, 0.4) is 0 Å². The maximum absolute atomic E-state index is 11.5. The number of rotatable bonds is 4. The van der Waals surface area contributed by atoms with Gasteiger partial charge in [-0.1, -0.05) is 0 Å². The highest BCUT2D eigenvalue weighted by Gasteiger charge is 2.14. The van der Waals surface area contributed by atoms with Gasteiger partial charge in [0.1, 0.15) is 6.04 Å². The van der Waals surface area contributed by atoms with Gasteiger partial charge in [0.2, 0.25) is 5.91 Å². The molecule has 3 N–H and O–H groups in total. The highest BCUT2D eigenvalue weighted by atomic mass is 16.5. The quantitative estimate of drug-likeness (QED) is 0.714. The van der Waals surface area contributed by atoms with Crippen molar-refractivity contribution in [3.63, 3.8) is 0 Å². The van der Waals surface area contributed by atoms with Gasteiger partial charge in [0, 0.05) is 20.4 Å². The van der Waals surface area contributed by atoms with E-state index in [0.717, 1.165) is 5.69 Å². The summed E-state index contributed by atoms with van der Waals surface area (Å²) in [5, 5.41) is 6.79. The average molecular weight is 212 g/mol. The molecule has 1 heterocycles. The number of nitrogens with zero attached hydrogens (tertiary/aromatic N) is 2. The van der Waals surface area contributed by atoms with Gasteiger partial charge >= 0.3 is 0 Å². The van der Waals surface area contributed by atoms with Gasteiger partial charge in [0.25, 0.3) is 0 Å². The number of nitrogens with one attached hydrogen (secondary N) is 1. The van der Waals surface area contributed by atoms with Crippen molar-refractivity contribution in [2.24, 2.45) is 12.8 Å². The maximum Gasteiger partial charge on any atom is 0.243 e. The zero-order chi connectivity index (χ0) is 11.4. The number of hydrogen-bond donors (Lipinski definition) is 2. The molecule has 1 amide bonds. The lowest BCUT2D eigenvalue weighted by Crippen LogP contribution is -2.39.